The number of halogens is 2. The average Bonchev–Trinajstić information content (AvgIpc) is 2.52. The second-order valence-electron chi connectivity index (χ2n) is 4.75. The average molecular weight is 323 g/mol. The highest BCUT2D eigenvalue weighted by atomic mass is 35.7. The molecule has 1 aliphatic carbocycles. The summed E-state index contributed by atoms with van der Waals surface area (Å²) in [6.07, 6.45) is 5.07. The second-order valence-corrected chi connectivity index (χ2v) is 7.94. The summed E-state index contributed by atoms with van der Waals surface area (Å²) in [6.45, 7) is 0. The van der Waals surface area contributed by atoms with Gasteiger partial charge in [-0.1, -0.05) is 18.0 Å². The molecule has 0 atom stereocenters. The maximum Gasteiger partial charge on any atom is 0.236 e. The third kappa shape index (κ3) is 3.56. The number of benzene rings is 1. The lowest BCUT2D eigenvalue weighted by molar-refractivity contribution is 0.410. The molecule has 0 unspecified atom stereocenters. The predicted molar refractivity (Wildman–Crippen MR) is 77.7 cm³/mol. The number of fused-ring (bicyclic) bond motifs is 1. The van der Waals surface area contributed by atoms with Gasteiger partial charge in [0, 0.05) is 16.2 Å². The number of aryl methyl sites for hydroxylation is 1. The highest BCUT2D eigenvalue weighted by Gasteiger charge is 2.22. The summed E-state index contributed by atoms with van der Waals surface area (Å²) in [7, 11) is 3.26. The van der Waals surface area contributed by atoms with Crippen molar-refractivity contribution in [2.75, 3.05) is 7.11 Å². The van der Waals surface area contributed by atoms with Crippen LogP contribution in [0.4, 0.5) is 0 Å². The van der Waals surface area contributed by atoms with E-state index in [0.29, 0.717) is 16.3 Å². The van der Waals surface area contributed by atoms with Crippen molar-refractivity contribution in [2.24, 2.45) is 0 Å². The standard InChI is InChI=1S/C13H16Cl2O3S/c1-18-13-11(8-19(15,16)17)10-6-4-2-3-5-9(10)7-12(13)14/h7H,2-6,8H2,1H3. The Bertz CT molecular complexity index is 582. The summed E-state index contributed by atoms with van der Waals surface area (Å²) < 4.78 is 28.1. The van der Waals surface area contributed by atoms with Gasteiger partial charge in [-0.25, -0.2) is 8.42 Å². The first-order valence-electron chi connectivity index (χ1n) is 6.22. The Kier molecular flexibility index (Phi) is 4.64. The molecule has 106 valence electrons. The smallest absolute Gasteiger partial charge is 0.236 e. The topological polar surface area (TPSA) is 43.4 Å². The van der Waals surface area contributed by atoms with Gasteiger partial charge in [-0.15, -0.1) is 0 Å². The van der Waals surface area contributed by atoms with E-state index in [4.69, 9.17) is 27.0 Å². The van der Waals surface area contributed by atoms with Crippen molar-refractivity contribution in [1.29, 1.82) is 0 Å². The zero-order valence-electron chi connectivity index (χ0n) is 10.7. The number of hydrogen-bond acceptors (Lipinski definition) is 3. The number of ether oxygens (including phenoxy) is 1. The minimum absolute atomic E-state index is 0.235. The van der Waals surface area contributed by atoms with E-state index in [9.17, 15) is 8.42 Å². The minimum Gasteiger partial charge on any atom is -0.495 e. The van der Waals surface area contributed by atoms with Crippen LogP contribution < -0.4 is 4.74 Å². The van der Waals surface area contributed by atoms with Gasteiger partial charge in [0.1, 0.15) is 5.75 Å². The van der Waals surface area contributed by atoms with Crippen LogP contribution in [-0.4, -0.2) is 15.5 Å². The van der Waals surface area contributed by atoms with Crippen LogP contribution in [0.15, 0.2) is 6.07 Å². The largest absolute Gasteiger partial charge is 0.495 e. The van der Waals surface area contributed by atoms with Crippen LogP contribution in [0.25, 0.3) is 0 Å². The SMILES string of the molecule is COc1c(Cl)cc2c(c1CS(=O)(=O)Cl)CCCCC2. The van der Waals surface area contributed by atoms with E-state index in [0.717, 1.165) is 43.2 Å². The van der Waals surface area contributed by atoms with Gasteiger partial charge in [-0.2, -0.15) is 0 Å². The fraction of sp³-hybridized carbons (Fsp3) is 0.538. The van der Waals surface area contributed by atoms with Crippen LogP contribution in [0.1, 0.15) is 36.0 Å². The molecule has 0 saturated carbocycles. The molecule has 0 amide bonds. The van der Waals surface area contributed by atoms with E-state index in [-0.39, 0.29) is 5.75 Å². The van der Waals surface area contributed by atoms with Crippen LogP contribution in [0, 0.1) is 0 Å². The zero-order chi connectivity index (χ0) is 14.0. The molecule has 1 aromatic carbocycles. The molecule has 0 spiro atoms. The number of hydrogen-bond donors (Lipinski definition) is 0. The Morgan fingerprint density at radius 1 is 1.26 bits per heavy atom. The fourth-order valence-electron chi connectivity index (χ4n) is 2.65. The Morgan fingerprint density at radius 2 is 1.95 bits per heavy atom. The van der Waals surface area contributed by atoms with E-state index in [1.165, 1.54) is 7.11 Å². The van der Waals surface area contributed by atoms with Gasteiger partial charge >= 0.3 is 0 Å². The maximum atomic E-state index is 11.4. The van der Waals surface area contributed by atoms with Gasteiger partial charge < -0.3 is 4.74 Å². The maximum absolute atomic E-state index is 11.4. The van der Waals surface area contributed by atoms with Crippen molar-refractivity contribution in [3.8, 4) is 5.75 Å². The molecule has 0 heterocycles. The first-order valence-corrected chi connectivity index (χ1v) is 9.07. The second kappa shape index (κ2) is 5.90. The summed E-state index contributed by atoms with van der Waals surface area (Å²) in [5.41, 5.74) is 2.79. The molecule has 19 heavy (non-hydrogen) atoms. The van der Waals surface area contributed by atoms with Crippen LogP contribution in [-0.2, 0) is 27.6 Å². The molecule has 0 radical (unpaired) electrons. The van der Waals surface area contributed by atoms with E-state index in [1.807, 2.05) is 6.07 Å². The lowest BCUT2D eigenvalue weighted by atomic mass is 9.97. The fourth-order valence-corrected chi connectivity index (χ4v) is 3.96. The third-order valence-electron chi connectivity index (χ3n) is 3.44. The first-order chi connectivity index (χ1) is 8.92. The van der Waals surface area contributed by atoms with E-state index >= 15 is 0 Å². The van der Waals surface area contributed by atoms with Crippen LogP contribution in [0.3, 0.4) is 0 Å². The third-order valence-corrected chi connectivity index (χ3v) is 4.68. The molecule has 0 bridgehead atoms. The van der Waals surface area contributed by atoms with Gasteiger partial charge in [-0.3, -0.25) is 0 Å². The van der Waals surface area contributed by atoms with Crippen molar-refractivity contribution in [2.45, 2.75) is 37.9 Å². The van der Waals surface area contributed by atoms with E-state index in [2.05, 4.69) is 0 Å². The Labute approximate surface area is 123 Å². The highest BCUT2D eigenvalue weighted by Crippen LogP contribution is 2.38. The Balaban J connectivity index is 2.61. The molecule has 2 rings (SSSR count). The van der Waals surface area contributed by atoms with Gasteiger partial charge in [0.05, 0.1) is 17.9 Å². The van der Waals surface area contributed by atoms with Crippen molar-refractivity contribution in [1.82, 2.24) is 0 Å². The molecule has 0 saturated heterocycles. The number of rotatable bonds is 3. The predicted octanol–water partition coefficient (Wildman–Crippen LogP) is 3.69. The minimum atomic E-state index is -3.64. The van der Waals surface area contributed by atoms with Gasteiger partial charge in [0.25, 0.3) is 0 Å². The lowest BCUT2D eigenvalue weighted by Gasteiger charge is -2.17. The molecular formula is C13H16Cl2O3S. The molecule has 0 fully saturated rings. The zero-order valence-corrected chi connectivity index (χ0v) is 13.0. The van der Waals surface area contributed by atoms with E-state index < -0.39 is 9.05 Å². The molecule has 3 nitrogen and oxygen atoms in total. The highest BCUT2D eigenvalue weighted by molar-refractivity contribution is 8.13. The summed E-state index contributed by atoms with van der Waals surface area (Å²) in [6, 6.07) is 1.89. The molecule has 6 heteroatoms. The van der Waals surface area contributed by atoms with Crippen LogP contribution >= 0.6 is 22.3 Å². The first kappa shape index (κ1) is 14.9. The van der Waals surface area contributed by atoms with Crippen molar-refractivity contribution >= 4 is 31.3 Å². The Hall–Kier alpha value is -0.450. The van der Waals surface area contributed by atoms with E-state index in [1.54, 1.807) is 0 Å². The summed E-state index contributed by atoms with van der Waals surface area (Å²) in [5, 5.41) is 0.457. The summed E-state index contributed by atoms with van der Waals surface area (Å²) >= 11 is 6.19. The van der Waals surface area contributed by atoms with Gasteiger partial charge in [-0.05, 0) is 42.9 Å². The van der Waals surface area contributed by atoms with Gasteiger partial charge in [0.15, 0.2) is 0 Å². The molecule has 1 aromatic rings. The molecule has 0 aliphatic heterocycles. The van der Waals surface area contributed by atoms with Crippen LogP contribution in [0.5, 0.6) is 5.75 Å². The lowest BCUT2D eigenvalue weighted by Crippen LogP contribution is -2.06. The molecule has 0 aromatic heterocycles. The van der Waals surface area contributed by atoms with Crippen molar-refractivity contribution in [3.05, 3.63) is 27.8 Å². The molecule has 1 aliphatic rings. The summed E-state index contributed by atoms with van der Waals surface area (Å²) in [5.74, 6) is 0.201. The summed E-state index contributed by atoms with van der Waals surface area (Å²) in [4.78, 5) is 0. The molecular weight excluding hydrogens is 307 g/mol. The Morgan fingerprint density at radius 3 is 2.58 bits per heavy atom. The van der Waals surface area contributed by atoms with Crippen LogP contribution in [0.2, 0.25) is 5.02 Å². The monoisotopic (exact) mass is 322 g/mol. The van der Waals surface area contributed by atoms with Crippen molar-refractivity contribution < 1.29 is 13.2 Å². The number of methoxy groups -OCH3 is 1. The quantitative estimate of drug-likeness (QED) is 0.629. The molecule has 0 N–H and O–H groups in total. The normalized spacial score (nSPS) is 15.7. The van der Waals surface area contributed by atoms with Crippen molar-refractivity contribution in [3.63, 3.8) is 0 Å². The van der Waals surface area contributed by atoms with Gasteiger partial charge in [0.2, 0.25) is 9.05 Å².